The molecule has 0 unspecified atom stereocenters. The molecule has 0 saturated carbocycles. The van der Waals surface area contributed by atoms with Crippen LogP contribution in [0.3, 0.4) is 0 Å². The quantitative estimate of drug-likeness (QED) is 0.648. The van der Waals surface area contributed by atoms with Gasteiger partial charge < -0.3 is 0 Å². The molecule has 0 fully saturated rings. The maximum absolute atomic E-state index is 11.8. The van der Waals surface area contributed by atoms with E-state index in [1.165, 1.54) is 19.3 Å². The fourth-order valence-electron chi connectivity index (χ4n) is 0.787. The van der Waals surface area contributed by atoms with Gasteiger partial charge in [0.15, 0.2) is 5.78 Å². The van der Waals surface area contributed by atoms with Gasteiger partial charge in [-0.3, -0.25) is 9.48 Å². The molecule has 0 aliphatic carbocycles. The van der Waals surface area contributed by atoms with E-state index in [2.05, 4.69) is 5.10 Å². The van der Waals surface area contributed by atoms with Gasteiger partial charge in [-0.15, -0.1) is 0 Å². The standard InChI is InChI=1S/C7H8F2N2O/c1-5(12)6-2-10-11(3-6)4-7(8)9/h2-3,7H,4H2,1H3. The van der Waals surface area contributed by atoms with Crippen LogP contribution in [0.25, 0.3) is 0 Å². The summed E-state index contributed by atoms with van der Waals surface area (Å²) in [6.07, 6.45) is 0.156. The Bertz CT molecular complexity index is 283. The van der Waals surface area contributed by atoms with Crippen molar-refractivity contribution in [3.05, 3.63) is 18.0 Å². The van der Waals surface area contributed by atoms with Gasteiger partial charge in [-0.2, -0.15) is 5.10 Å². The molecule has 1 aromatic heterocycles. The highest BCUT2D eigenvalue weighted by molar-refractivity contribution is 5.93. The third-order valence-corrected chi connectivity index (χ3v) is 1.36. The van der Waals surface area contributed by atoms with Crippen LogP contribution in [-0.4, -0.2) is 22.0 Å². The molecule has 0 amide bonds. The van der Waals surface area contributed by atoms with Gasteiger partial charge in [0.25, 0.3) is 6.43 Å². The number of ketones is 1. The molecule has 0 aliphatic rings. The predicted molar refractivity (Wildman–Crippen MR) is 38.2 cm³/mol. The van der Waals surface area contributed by atoms with Crippen molar-refractivity contribution in [1.82, 2.24) is 9.78 Å². The third kappa shape index (κ3) is 2.11. The highest BCUT2D eigenvalue weighted by atomic mass is 19.3. The molecule has 0 saturated heterocycles. The van der Waals surface area contributed by atoms with Gasteiger partial charge in [0.1, 0.15) is 6.54 Å². The Labute approximate surface area is 68.0 Å². The van der Waals surface area contributed by atoms with Crippen LogP contribution in [-0.2, 0) is 6.54 Å². The van der Waals surface area contributed by atoms with Crippen molar-refractivity contribution in [2.45, 2.75) is 19.9 Å². The second-order valence-electron chi connectivity index (χ2n) is 2.40. The summed E-state index contributed by atoms with van der Waals surface area (Å²) in [5.74, 6) is -0.171. The minimum atomic E-state index is -2.44. The summed E-state index contributed by atoms with van der Waals surface area (Å²) >= 11 is 0. The second kappa shape index (κ2) is 3.42. The zero-order valence-electron chi connectivity index (χ0n) is 6.50. The average Bonchev–Trinajstić information content (AvgIpc) is 2.34. The third-order valence-electron chi connectivity index (χ3n) is 1.36. The number of aromatic nitrogens is 2. The molecule has 5 heteroatoms. The Morgan fingerprint density at radius 2 is 2.42 bits per heavy atom. The summed E-state index contributed by atoms with van der Waals surface area (Å²) in [6, 6.07) is 0. The van der Waals surface area contributed by atoms with E-state index in [4.69, 9.17) is 0 Å². The number of carbonyl (C=O) groups excluding carboxylic acids is 1. The Balaban J connectivity index is 2.71. The van der Waals surface area contributed by atoms with Crippen LogP contribution in [0.5, 0.6) is 0 Å². The van der Waals surface area contributed by atoms with Crippen LogP contribution in [0.4, 0.5) is 8.78 Å². The molecular weight excluding hydrogens is 166 g/mol. The molecule has 0 N–H and O–H groups in total. The van der Waals surface area contributed by atoms with Crippen molar-refractivity contribution in [2.24, 2.45) is 0 Å². The lowest BCUT2D eigenvalue weighted by molar-refractivity contribution is 0.101. The molecule has 0 aromatic carbocycles. The Kier molecular flexibility index (Phi) is 2.52. The maximum atomic E-state index is 11.8. The lowest BCUT2D eigenvalue weighted by atomic mass is 10.3. The number of hydrogen-bond donors (Lipinski definition) is 0. The summed E-state index contributed by atoms with van der Waals surface area (Å²) in [5, 5.41) is 3.59. The zero-order chi connectivity index (χ0) is 9.14. The zero-order valence-corrected chi connectivity index (χ0v) is 6.50. The fourth-order valence-corrected chi connectivity index (χ4v) is 0.787. The minimum absolute atomic E-state index is 0.171. The summed E-state index contributed by atoms with van der Waals surface area (Å²) in [5.41, 5.74) is 0.357. The molecule has 1 rings (SSSR count). The van der Waals surface area contributed by atoms with Crippen molar-refractivity contribution in [3.63, 3.8) is 0 Å². The molecule has 1 aromatic rings. The van der Waals surface area contributed by atoms with Gasteiger partial charge in [0, 0.05) is 6.20 Å². The maximum Gasteiger partial charge on any atom is 0.257 e. The van der Waals surface area contributed by atoms with E-state index in [1.54, 1.807) is 0 Å². The summed E-state index contributed by atoms with van der Waals surface area (Å²) in [7, 11) is 0. The van der Waals surface area contributed by atoms with E-state index in [1.807, 2.05) is 0 Å². The minimum Gasteiger partial charge on any atom is -0.294 e. The van der Waals surface area contributed by atoms with Crippen molar-refractivity contribution < 1.29 is 13.6 Å². The fraction of sp³-hybridized carbons (Fsp3) is 0.429. The Hall–Kier alpha value is -1.26. The van der Waals surface area contributed by atoms with E-state index in [9.17, 15) is 13.6 Å². The number of carbonyl (C=O) groups is 1. The normalized spacial score (nSPS) is 10.7. The van der Waals surface area contributed by atoms with Gasteiger partial charge in [-0.1, -0.05) is 0 Å². The van der Waals surface area contributed by atoms with E-state index in [-0.39, 0.29) is 5.78 Å². The van der Waals surface area contributed by atoms with Crippen molar-refractivity contribution in [2.75, 3.05) is 0 Å². The van der Waals surface area contributed by atoms with Gasteiger partial charge in [-0.25, -0.2) is 8.78 Å². The topological polar surface area (TPSA) is 34.9 Å². The van der Waals surface area contributed by atoms with Crippen molar-refractivity contribution in [3.8, 4) is 0 Å². The number of nitrogens with zero attached hydrogens (tertiary/aromatic N) is 2. The van der Waals surface area contributed by atoms with Crippen LogP contribution in [0.15, 0.2) is 12.4 Å². The summed E-state index contributed by atoms with van der Waals surface area (Å²) in [6.45, 7) is 0.900. The number of hydrogen-bond acceptors (Lipinski definition) is 2. The lowest BCUT2D eigenvalue weighted by Crippen LogP contribution is -2.06. The van der Waals surface area contributed by atoms with Gasteiger partial charge in [-0.05, 0) is 6.92 Å². The lowest BCUT2D eigenvalue weighted by Gasteiger charge is -1.97. The highest BCUT2D eigenvalue weighted by Gasteiger charge is 2.07. The molecular formula is C7H8F2N2O. The Morgan fingerprint density at radius 1 is 1.75 bits per heavy atom. The first kappa shape index (κ1) is 8.83. The van der Waals surface area contributed by atoms with E-state index in [0.717, 1.165) is 4.68 Å². The molecule has 3 nitrogen and oxygen atoms in total. The summed E-state index contributed by atoms with van der Waals surface area (Å²) < 4.78 is 24.6. The molecule has 0 atom stereocenters. The van der Waals surface area contributed by atoms with Crippen LogP contribution in [0.1, 0.15) is 17.3 Å². The first-order valence-electron chi connectivity index (χ1n) is 3.41. The number of halogens is 2. The SMILES string of the molecule is CC(=O)c1cnn(CC(F)F)c1. The number of alkyl halides is 2. The predicted octanol–water partition coefficient (Wildman–Crippen LogP) is 1.35. The largest absolute Gasteiger partial charge is 0.294 e. The smallest absolute Gasteiger partial charge is 0.257 e. The summed E-state index contributed by atoms with van der Waals surface area (Å²) in [4.78, 5) is 10.7. The van der Waals surface area contributed by atoms with Crippen LogP contribution >= 0.6 is 0 Å². The number of rotatable bonds is 3. The van der Waals surface area contributed by atoms with Crippen LogP contribution in [0, 0.1) is 0 Å². The van der Waals surface area contributed by atoms with E-state index in [0.29, 0.717) is 5.56 Å². The first-order valence-corrected chi connectivity index (χ1v) is 3.41. The van der Waals surface area contributed by atoms with Crippen LogP contribution < -0.4 is 0 Å². The van der Waals surface area contributed by atoms with Crippen LogP contribution in [0.2, 0.25) is 0 Å². The van der Waals surface area contributed by atoms with Crippen molar-refractivity contribution in [1.29, 1.82) is 0 Å². The first-order chi connectivity index (χ1) is 5.59. The van der Waals surface area contributed by atoms with E-state index < -0.39 is 13.0 Å². The molecule has 1 heterocycles. The number of Topliss-reactive ketones (excluding diaryl/α,β-unsaturated/α-hetero) is 1. The Morgan fingerprint density at radius 3 is 2.83 bits per heavy atom. The molecule has 12 heavy (non-hydrogen) atoms. The second-order valence-corrected chi connectivity index (χ2v) is 2.40. The monoisotopic (exact) mass is 174 g/mol. The van der Waals surface area contributed by atoms with Gasteiger partial charge in [0.2, 0.25) is 0 Å². The molecule has 0 aliphatic heterocycles. The molecule has 66 valence electrons. The molecule has 0 bridgehead atoms. The molecule has 0 radical (unpaired) electrons. The van der Waals surface area contributed by atoms with Gasteiger partial charge >= 0.3 is 0 Å². The van der Waals surface area contributed by atoms with E-state index >= 15 is 0 Å². The van der Waals surface area contributed by atoms with Crippen molar-refractivity contribution >= 4 is 5.78 Å². The highest BCUT2D eigenvalue weighted by Crippen LogP contribution is 2.01. The molecule has 0 spiro atoms. The average molecular weight is 174 g/mol. The van der Waals surface area contributed by atoms with Gasteiger partial charge in [0.05, 0.1) is 11.8 Å².